The minimum Gasteiger partial charge on any atom is -0.476 e. The first kappa shape index (κ1) is 19.1. The first-order chi connectivity index (χ1) is 12.3. The molecule has 0 radical (unpaired) electrons. The van der Waals surface area contributed by atoms with E-state index in [2.05, 4.69) is 4.74 Å². The number of benzene rings is 2. The van der Waals surface area contributed by atoms with Gasteiger partial charge in [0, 0.05) is 5.56 Å². The molecule has 0 saturated heterocycles. The van der Waals surface area contributed by atoms with E-state index in [1.54, 1.807) is 37.3 Å². The number of hydrogen-bond acceptors (Lipinski definition) is 4. The van der Waals surface area contributed by atoms with E-state index in [-0.39, 0.29) is 17.1 Å². The summed E-state index contributed by atoms with van der Waals surface area (Å²) in [6, 6.07) is 13.4. The van der Waals surface area contributed by atoms with Gasteiger partial charge in [0.15, 0.2) is 11.9 Å². The number of nitriles is 1. The van der Waals surface area contributed by atoms with Gasteiger partial charge in [-0.05, 0) is 55.0 Å². The Morgan fingerprint density at radius 1 is 1.08 bits per heavy atom. The molecular formula is C19H14F3NO3. The Balaban J connectivity index is 1.99. The number of ether oxygens (including phenoxy) is 2. The highest BCUT2D eigenvalue weighted by atomic mass is 19.4. The Hall–Kier alpha value is -3.27. The smallest absolute Gasteiger partial charge is 0.476 e. The predicted molar refractivity (Wildman–Crippen MR) is 88.6 cm³/mol. The molecule has 0 aliphatic carbocycles. The summed E-state index contributed by atoms with van der Waals surface area (Å²) < 4.78 is 45.4. The average Bonchev–Trinajstić information content (AvgIpc) is 2.60. The fourth-order valence-corrected chi connectivity index (χ4v) is 1.98. The van der Waals surface area contributed by atoms with E-state index in [9.17, 15) is 18.0 Å². The van der Waals surface area contributed by atoms with Crippen molar-refractivity contribution in [3.8, 4) is 17.6 Å². The summed E-state index contributed by atoms with van der Waals surface area (Å²) in [7, 11) is 0. The molecule has 0 saturated carbocycles. The Labute approximate surface area is 148 Å². The van der Waals surface area contributed by atoms with Crippen LogP contribution in [0.25, 0.3) is 6.08 Å². The monoisotopic (exact) mass is 361 g/mol. The van der Waals surface area contributed by atoms with Crippen molar-refractivity contribution < 1.29 is 27.4 Å². The van der Waals surface area contributed by atoms with Gasteiger partial charge in [0.25, 0.3) is 0 Å². The second-order valence-electron chi connectivity index (χ2n) is 5.23. The van der Waals surface area contributed by atoms with Gasteiger partial charge >= 0.3 is 6.36 Å². The summed E-state index contributed by atoms with van der Waals surface area (Å²) in [4.78, 5) is 12.1. The third kappa shape index (κ3) is 5.98. The van der Waals surface area contributed by atoms with E-state index in [1.807, 2.05) is 6.07 Å². The molecule has 7 heteroatoms. The van der Waals surface area contributed by atoms with E-state index in [0.717, 1.165) is 17.7 Å². The van der Waals surface area contributed by atoms with Crippen LogP contribution in [0.5, 0.6) is 11.5 Å². The lowest BCUT2D eigenvalue weighted by Gasteiger charge is -2.08. The lowest BCUT2D eigenvalue weighted by Crippen LogP contribution is -2.17. The van der Waals surface area contributed by atoms with Crippen LogP contribution in [-0.4, -0.2) is 18.2 Å². The van der Waals surface area contributed by atoms with Gasteiger partial charge in [-0.15, -0.1) is 13.2 Å². The summed E-state index contributed by atoms with van der Waals surface area (Å²) in [5.41, 5.74) is 0.964. The molecule has 4 nitrogen and oxygen atoms in total. The number of rotatable bonds is 6. The lowest BCUT2D eigenvalue weighted by molar-refractivity contribution is -0.274. The minimum absolute atomic E-state index is 0.235. The van der Waals surface area contributed by atoms with Crippen molar-refractivity contribution >= 4 is 11.9 Å². The van der Waals surface area contributed by atoms with Gasteiger partial charge in [0.05, 0.1) is 0 Å². The summed E-state index contributed by atoms with van der Waals surface area (Å²) in [5.74, 6) is -0.218. The normalized spacial score (nSPS) is 12.4. The Morgan fingerprint density at radius 2 is 1.65 bits per heavy atom. The van der Waals surface area contributed by atoms with Crippen LogP contribution in [0.1, 0.15) is 22.8 Å². The first-order valence-corrected chi connectivity index (χ1v) is 7.51. The fourth-order valence-electron chi connectivity index (χ4n) is 1.98. The maximum absolute atomic E-state index is 12.1. The second-order valence-corrected chi connectivity index (χ2v) is 5.23. The molecule has 134 valence electrons. The maximum Gasteiger partial charge on any atom is 0.573 e. The molecule has 0 N–H and O–H groups in total. The van der Waals surface area contributed by atoms with Crippen LogP contribution in [0, 0.1) is 11.3 Å². The number of carbonyl (C=O) groups excluding carboxylic acids is 1. The molecule has 2 aromatic rings. The molecule has 0 aliphatic rings. The number of halogens is 3. The van der Waals surface area contributed by atoms with Gasteiger partial charge in [-0.2, -0.15) is 5.26 Å². The van der Waals surface area contributed by atoms with Crippen molar-refractivity contribution in [3.05, 3.63) is 65.7 Å². The van der Waals surface area contributed by atoms with Crippen molar-refractivity contribution in [2.45, 2.75) is 19.4 Å². The second kappa shape index (κ2) is 8.21. The third-order valence-electron chi connectivity index (χ3n) is 3.17. The molecule has 26 heavy (non-hydrogen) atoms. The molecule has 0 spiro atoms. The molecule has 0 aromatic heterocycles. The van der Waals surface area contributed by atoms with Gasteiger partial charge in [-0.3, -0.25) is 4.79 Å². The van der Waals surface area contributed by atoms with E-state index < -0.39 is 12.5 Å². The molecule has 2 rings (SSSR count). The van der Waals surface area contributed by atoms with Gasteiger partial charge in [-0.25, -0.2) is 0 Å². The molecule has 1 atom stereocenters. The van der Waals surface area contributed by atoms with Crippen LogP contribution in [0.3, 0.4) is 0 Å². The van der Waals surface area contributed by atoms with Crippen LogP contribution in [0.15, 0.2) is 54.6 Å². The predicted octanol–water partition coefficient (Wildman–Crippen LogP) is 4.77. The zero-order chi connectivity index (χ0) is 19.2. The number of hydrogen-bond donors (Lipinski definition) is 0. The topological polar surface area (TPSA) is 59.3 Å². The van der Waals surface area contributed by atoms with Crippen molar-refractivity contribution in [1.82, 2.24) is 0 Å². The zero-order valence-electron chi connectivity index (χ0n) is 13.7. The molecule has 0 aliphatic heterocycles. The van der Waals surface area contributed by atoms with Gasteiger partial charge in [0.1, 0.15) is 17.6 Å². The molecule has 0 amide bonds. The molecule has 2 aromatic carbocycles. The number of carbonyl (C=O) groups is 1. The summed E-state index contributed by atoms with van der Waals surface area (Å²) in [6.07, 6.45) is -2.46. The fraction of sp³-hybridized carbons (Fsp3) is 0.158. The number of nitrogens with zero attached hydrogens (tertiary/aromatic N) is 1. The largest absolute Gasteiger partial charge is 0.573 e. The van der Waals surface area contributed by atoms with Crippen LogP contribution in [-0.2, 0) is 0 Å². The van der Waals surface area contributed by atoms with Crippen LogP contribution in [0.4, 0.5) is 13.2 Å². The van der Waals surface area contributed by atoms with E-state index >= 15 is 0 Å². The van der Waals surface area contributed by atoms with Gasteiger partial charge in [0.2, 0.25) is 0 Å². The Kier molecular flexibility index (Phi) is 6.02. The number of ketones is 1. The Bertz CT molecular complexity index is 819. The van der Waals surface area contributed by atoms with E-state index in [1.165, 1.54) is 18.2 Å². The van der Waals surface area contributed by atoms with Gasteiger partial charge < -0.3 is 9.47 Å². The molecule has 1 unspecified atom stereocenters. The molecular weight excluding hydrogens is 347 g/mol. The highest BCUT2D eigenvalue weighted by Crippen LogP contribution is 2.23. The van der Waals surface area contributed by atoms with Gasteiger partial charge in [-0.1, -0.05) is 18.2 Å². The van der Waals surface area contributed by atoms with Crippen LogP contribution < -0.4 is 9.47 Å². The van der Waals surface area contributed by atoms with Crippen LogP contribution >= 0.6 is 0 Å². The standard InChI is InChI=1S/C19H14F3NO3/c1-13(12-23)25-16-7-2-14(3-8-16)4-11-18(24)15-5-9-17(10-6-15)26-19(20,21)22/h2-11,13H,1H3/b11-4+. The average molecular weight is 361 g/mol. The third-order valence-corrected chi connectivity index (χ3v) is 3.17. The quantitative estimate of drug-likeness (QED) is 0.549. The number of alkyl halides is 3. The SMILES string of the molecule is CC(C#N)Oc1ccc(/C=C/C(=O)c2ccc(OC(F)(F)F)cc2)cc1. The molecule has 0 heterocycles. The van der Waals surface area contributed by atoms with E-state index in [4.69, 9.17) is 10.00 Å². The van der Waals surface area contributed by atoms with Crippen LogP contribution in [0.2, 0.25) is 0 Å². The minimum atomic E-state index is -4.77. The molecule has 0 fully saturated rings. The zero-order valence-corrected chi connectivity index (χ0v) is 13.7. The van der Waals surface area contributed by atoms with Crippen molar-refractivity contribution in [1.29, 1.82) is 5.26 Å². The highest BCUT2D eigenvalue weighted by molar-refractivity contribution is 6.06. The van der Waals surface area contributed by atoms with E-state index in [0.29, 0.717) is 5.75 Å². The summed E-state index contributed by atoms with van der Waals surface area (Å²) in [6.45, 7) is 1.62. The first-order valence-electron chi connectivity index (χ1n) is 7.51. The molecule has 0 bridgehead atoms. The van der Waals surface area contributed by atoms with Crippen molar-refractivity contribution in [2.75, 3.05) is 0 Å². The maximum atomic E-state index is 12.1. The van der Waals surface area contributed by atoms with Crippen molar-refractivity contribution in [3.63, 3.8) is 0 Å². The number of allylic oxidation sites excluding steroid dienone is 1. The summed E-state index contributed by atoms with van der Waals surface area (Å²) >= 11 is 0. The lowest BCUT2D eigenvalue weighted by atomic mass is 10.1. The highest BCUT2D eigenvalue weighted by Gasteiger charge is 2.30. The summed E-state index contributed by atoms with van der Waals surface area (Å²) in [5, 5.41) is 8.69. The Morgan fingerprint density at radius 3 is 2.19 bits per heavy atom. The van der Waals surface area contributed by atoms with Crippen molar-refractivity contribution in [2.24, 2.45) is 0 Å².